The summed E-state index contributed by atoms with van der Waals surface area (Å²) >= 11 is 0. The SMILES string of the molecule is O=CC(Cc1ccccn1)c1ccc(F)cc1. The molecule has 0 aliphatic rings. The molecule has 0 aliphatic carbocycles. The molecule has 1 unspecified atom stereocenters. The summed E-state index contributed by atoms with van der Waals surface area (Å²) in [5.74, 6) is -0.568. The highest BCUT2D eigenvalue weighted by atomic mass is 19.1. The van der Waals surface area contributed by atoms with Gasteiger partial charge in [0.1, 0.15) is 12.1 Å². The van der Waals surface area contributed by atoms with E-state index >= 15 is 0 Å². The summed E-state index contributed by atoms with van der Waals surface area (Å²) in [6, 6.07) is 11.6. The quantitative estimate of drug-likeness (QED) is 0.754. The Hall–Kier alpha value is -2.03. The molecule has 0 aliphatic heterocycles. The number of aromatic nitrogens is 1. The van der Waals surface area contributed by atoms with Gasteiger partial charge in [0.05, 0.1) is 0 Å². The molecule has 0 spiro atoms. The van der Waals surface area contributed by atoms with Crippen LogP contribution in [0.25, 0.3) is 0 Å². The van der Waals surface area contributed by atoms with E-state index < -0.39 is 0 Å². The summed E-state index contributed by atoms with van der Waals surface area (Å²) in [5.41, 5.74) is 1.67. The lowest BCUT2D eigenvalue weighted by Gasteiger charge is -2.09. The van der Waals surface area contributed by atoms with E-state index in [1.807, 2.05) is 18.2 Å². The van der Waals surface area contributed by atoms with Gasteiger partial charge in [-0.05, 0) is 29.8 Å². The Balaban J connectivity index is 2.17. The van der Waals surface area contributed by atoms with Gasteiger partial charge in [0.15, 0.2) is 0 Å². The third-order valence-corrected chi connectivity index (χ3v) is 2.62. The van der Waals surface area contributed by atoms with Crippen molar-refractivity contribution in [3.8, 4) is 0 Å². The first-order valence-electron chi connectivity index (χ1n) is 5.40. The molecule has 0 saturated heterocycles. The van der Waals surface area contributed by atoms with Crippen LogP contribution in [0, 0.1) is 5.82 Å². The van der Waals surface area contributed by atoms with Gasteiger partial charge in [0, 0.05) is 24.2 Å². The maximum absolute atomic E-state index is 12.8. The van der Waals surface area contributed by atoms with Gasteiger partial charge in [-0.15, -0.1) is 0 Å². The minimum Gasteiger partial charge on any atom is -0.303 e. The molecular formula is C14H12FNO. The van der Waals surface area contributed by atoms with E-state index in [1.165, 1.54) is 12.1 Å². The number of carbonyl (C=O) groups is 1. The fourth-order valence-electron chi connectivity index (χ4n) is 1.70. The molecule has 86 valence electrons. The standard InChI is InChI=1S/C14H12FNO/c15-13-6-4-11(5-7-13)12(10-17)9-14-3-1-2-8-16-14/h1-8,10,12H,9H2. The van der Waals surface area contributed by atoms with E-state index in [4.69, 9.17) is 0 Å². The molecule has 1 aromatic carbocycles. The van der Waals surface area contributed by atoms with E-state index in [1.54, 1.807) is 18.3 Å². The maximum atomic E-state index is 12.8. The second kappa shape index (κ2) is 5.34. The summed E-state index contributed by atoms with van der Waals surface area (Å²) in [4.78, 5) is 15.2. The normalized spacial score (nSPS) is 12.1. The molecular weight excluding hydrogens is 217 g/mol. The second-order valence-electron chi connectivity index (χ2n) is 3.82. The minimum absolute atomic E-state index is 0.273. The molecule has 0 bridgehead atoms. The number of hydrogen-bond acceptors (Lipinski definition) is 2. The molecule has 2 aromatic rings. The Morgan fingerprint density at radius 2 is 1.94 bits per heavy atom. The topological polar surface area (TPSA) is 30.0 Å². The maximum Gasteiger partial charge on any atom is 0.127 e. The van der Waals surface area contributed by atoms with Crippen LogP contribution in [0.15, 0.2) is 48.7 Å². The van der Waals surface area contributed by atoms with Crippen molar-refractivity contribution in [2.75, 3.05) is 0 Å². The fraction of sp³-hybridized carbons (Fsp3) is 0.143. The molecule has 17 heavy (non-hydrogen) atoms. The number of hydrogen-bond donors (Lipinski definition) is 0. The molecule has 1 aromatic heterocycles. The predicted octanol–water partition coefficient (Wildman–Crippen LogP) is 2.75. The summed E-state index contributed by atoms with van der Waals surface area (Å²) in [5, 5.41) is 0. The van der Waals surface area contributed by atoms with Crippen molar-refractivity contribution >= 4 is 6.29 Å². The Kier molecular flexibility index (Phi) is 3.60. The van der Waals surface area contributed by atoms with E-state index in [-0.39, 0.29) is 11.7 Å². The predicted molar refractivity (Wildman–Crippen MR) is 63.1 cm³/mol. The van der Waals surface area contributed by atoms with Crippen LogP contribution in [-0.4, -0.2) is 11.3 Å². The van der Waals surface area contributed by atoms with Crippen LogP contribution in [0.2, 0.25) is 0 Å². The number of carbonyl (C=O) groups excluding carboxylic acids is 1. The van der Waals surface area contributed by atoms with Gasteiger partial charge in [-0.1, -0.05) is 18.2 Å². The number of halogens is 1. The molecule has 1 atom stereocenters. The molecule has 1 heterocycles. The van der Waals surface area contributed by atoms with Gasteiger partial charge >= 0.3 is 0 Å². The third-order valence-electron chi connectivity index (χ3n) is 2.62. The second-order valence-corrected chi connectivity index (χ2v) is 3.82. The number of aldehydes is 1. The van der Waals surface area contributed by atoms with Crippen molar-refractivity contribution < 1.29 is 9.18 Å². The zero-order valence-electron chi connectivity index (χ0n) is 9.21. The van der Waals surface area contributed by atoms with Gasteiger partial charge in [-0.25, -0.2) is 4.39 Å². The molecule has 0 radical (unpaired) electrons. The van der Waals surface area contributed by atoms with Crippen LogP contribution >= 0.6 is 0 Å². The van der Waals surface area contributed by atoms with Gasteiger partial charge in [-0.2, -0.15) is 0 Å². The van der Waals surface area contributed by atoms with Crippen molar-refractivity contribution in [3.05, 3.63) is 65.7 Å². The zero-order valence-corrected chi connectivity index (χ0v) is 9.21. The van der Waals surface area contributed by atoms with Crippen LogP contribution in [0.4, 0.5) is 4.39 Å². The first-order chi connectivity index (χ1) is 8.29. The molecule has 0 amide bonds. The van der Waals surface area contributed by atoms with E-state index in [0.717, 1.165) is 17.5 Å². The highest BCUT2D eigenvalue weighted by Gasteiger charge is 2.11. The average Bonchev–Trinajstić information content (AvgIpc) is 2.38. The van der Waals surface area contributed by atoms with Crippen LogP contribution in [0.5, 0.6) is 0 Å². The van der Waals surface area contributed by atoms with E-state index in [2.05, 4.69) is 4.98 Å². The number of nitrogens with zero attached hydrogens (tertiary/aromatic N) is 1. The lowest BCUT2D eigenvalue weighted by Crippen LogP contribution is -2.05. The fourth-order valence-corrected chi connectivity index (χ4v) is 1.70. The molecule has 0 fully saturated rings. The van der Waals surface area contributed by atoms with Crippen molar-refractivity contribution in [3.63, 3.8) is 0 Å². The van der Waals surface area contributed by atoms with Gasteiger partial charge < -0.3 is 4.79 Å². The Morgan fingerprint density at radius 1 is 1.18 bits per heavy atom. The number of rotatable bonds is 4. The van der Waals surface area contributed by atoms with Gasteiger partial charge in [0.25, 0.3) is 0 Å². The van der Waals surface area contributed by atoms with Crippen molar-refractivity contribution in [2.24, 2.45) is 0 Å². The Labute approximate surface area is 99.1 Å². The third kappa shape index (κ3) is 2.97. The first kappa shape index (κ1) is 11.5. The molecule has 0 saturated carbocycles. The summed E-state index contributed by atoms with van der Waals surface area (Å²) < 4.78 is 12.8. The smallest absolute Gasteiger partial charge is 0.127 e. The van der Waals surface area contributed by atoms with Crippen LogP contribution in [-0.2, 0) is 11.2 Å². The van der Waals surface area contributed by atoms with Crippen molar-refractivity contribution in [2.45, 2.75) is 12.3 Å². The van der Waals surface area contributed by atoms with Crippen molar-refractivity contribution in [1.82, 2.24) is 4.98 Å². The Bertz CT molecular complexity index is 481. The summed E-state index contributed by atoms with van der Waals surface area (Å²) in [6.07, 6.45) is 3.11. The Morgan fingerprint density at radius 3 is 2.53 bits per heavy atom. The number of pyridine rings is 1. The van der Waals surface area contributed by atoms with Crippen molar-refractivity contribution in [1.29, 1.82) is 0 Å². The molecule has 2 rings (SSSR count). The van der Waals surface area contributed by atoms with Crippen LogP contribution < -0.4 is 0 Å². The lowest BCUT2D eigenvalue weighted by molar-refractivity contribution is -0.109. The first-order valence-corrected chi connectivity index (χ1v) is 5.40. The number of benzene rings is 1. The molecule has 2 nitrogen and oxygen atoms in total. The molecule has 0 N–H and O–H groups in total. The summed E-state index contributed by atoms with van der Waals surface area (Å²) in [7, 11) is 0. The molecule has 3 heteroatoms. The summed E-state index contributed by atoms with van der Waals surface area (Å²) in [6.45, 7) is 0. The van der Waals surface area contributed by atoms with E-state index in [9.17, 15) is 9.18 Å². The minimum atomic E-state index is -0.295. The lowest BCUT2D eigenvalue weighted by atomic mass is 9.95. The largest absolute Gasteiger partial charge is 0.303 e. The van der Waals surface area contributed by atoms with Crippen LogP contribution in [0.1, 0.15) is 17.2 Å². The highest BCUT2D eigenvalue weighted by molar-refractivity contribution is 5.62. The van der Waals surface area contributed by atoms with E-state index in [0.29, 0.717) is 6.42 Å². The average molecular weight is 229 g/mol. The monoisotopic (exact) mass is 229 g/mol. The highest BCUT2D eigenvalue weighted by Crippen LogP contribution is 2.18. The van der Waals surface area contributed by atoms with Gasteiger partial charge in [-0.3, -0.25) is 4.98 Å². The van der Waals surface area contributed by atoms with Crippen LogP contribution in [0.3, 0.4) is 0 Å². The van der Waals surface area contributed by atoms with Gasteiger partial charge in [0.2, 0.25) is 0 Å². The zero-order chi connectivity index (χ0) is 12.1.